The average Bonchev–Trinajstić information content (AvgIpc) is 3.34. The summed E-state index contributed by atoms with van der Waals surface area (Å²) in [5.41, 5.74) is 9.39. The van der Waals surface area contributed by atoms with E-state index in [9.17, 15) is 9.59 Å². The highest BCUT2D eigenvalue weighted by atomic mass is 79.9. The van der Waals surface area contributed by atoms with Crippen LogP contribution in [0.5, 0.6) is 0 Å². The third kappa shape index (κ3) is 3.64. The van der Waals surface area contributed by atoms with E-state index >= 15 is 0 Å². The van der Waals surface area contributed by atoms with Crippen LogP contribution >= 0.6 is 15.9 Å². The predicted molar refractivity (Wildman–Crippen MR) is 113 cm³/mol. The van der Waals surface area contributed by atoms with Gasteiger partial charge in [0.2, 0.25) is 5.91 Å². The highest BCUT2D eigenvalue weighted by Crippen LogP contribution is 2.36. The lowest BCUT2D eigenvalue weighted by molar-refractivity contribution is 0.0964. The van der Waals surface area contributed by atoms with Gasteiger partial charge in [-0.05, 0) is 62.3 Å². The lowest BCUT2D eigenvalue weighted by atomic mass is 10.1. The minimum Gasteiger partial charge on any atom is -0.366 e. The number of carbonyl (C=O) groups is 2. The highest BCUT2D eigenvalue weighted by Gasteiger charge is 2.28. The SMILES string of the molecule is NC(=O)c1ccc(N(CCN2CCCC2)c2ccc(Br)c3c2C(=O)NC3)cc1. The number of hydrogen-bond acceptors (Lipinski definition) is 4. The quantitative estimate of drug-likeness (QED) is 0.720. The summed E-state index contributed by atoms with van der Waals surface area (Å²) in [6.07, 6.45) is 2.48. The van der Waals surface area contributed by atoms with Gasteiger partial charge in [-0.25, -0.2) is 0 Å². The molecule has 0 unspecified atom stereocenters. The number of amides is 2. The summed E-state index contributed by atoms with van der Waals surface area (Å²) in [5, 5.41) is 2.93. The molecule has 4 rings (SSSR count). The van der Waals surface area contributed by atoms with Crippen LogP contribution in [0.25, 0.3) is 0 Å². The second-order valence-electron chi connectivity index (χ2n) is 7.21. The zero-order valence-electron chi connectivity index (χ0n) is 15.6. The standard InChI is InChI=1S/C21H23BrN4O2/c22-17-7-8-18(19-16(17)13-24-21(19)28)26(12-11-25-9-1-2-10-25)15-5-3-14(4-6-15)20(23)27/h3-8H,1-2,9-13H2,(H2,23,27)(H,24,28). The Hall–Kier alpha value is -2.38. The smallest absolute Gasteiger partial charge is 0.254 e. The second kappa shape index (κ2) is 7.93. The molecule has 0 radical (unpaired) electrons. The Labute approximate surface area is 172 Å². The summed E-state index contributed by atoms with van der Waals surface area (Å²) < 4.78 is 0.938. The van der Waals surface area contributed by atoms with E-state index in [-0.39, 0.29) is 5.91 Å². The van der Waals surface area contributed by atoms with Crippen LogP contribution in [0, 0.1) is 0 Å². The summed E-state index contributed by atoms with van der Waals surface area (Å²) in [4.78, 5) is 28.6. The molecule has 3 N–H and O–H groups in total. The molecule has 2 amide bonds. The van der Waals surface area contributed by atoms with E-state index in [0.29, 0.717) is 12.1 Å². The average molecular weight is 443 g/mol. The zero-order chi connectivity index (χ0) is 19.7. The molecule has 0 aromatic heterocycles. The Kier molecular flexibility index (Phi) is 5.37. The maximum atomic E-state index is 12.5. The van der Waals surface area contributed by atoms with E-state index in [1.54, 1.807) is 12.1 Å². The van der Waals surface area contributed by atoms with Crippen molar-refractivity contribution in [2.24, 2.45) is 5.73 Å². The van der Waals surface area contributed by atoms with Crippen molar-refractivity contribution in [1.29, 1.82) is 0 Å². The summed E-state index contributed by atoms with van der Waals surface area (Å²) >= 11 is 3.56. The Bertz CT molecular complexity index is 907. The minimum absolute atomic E-state index is 0.0498. The van der Waals surface area contributed by atoms with Gasteiger partial charge >= 0.3 is 0 Å². The summed E-state index contributed by atoms with van der Waals surface area (Å²) in [7, 11) is 0. The van der Waals surface area contributed by atoms with Crippen molar-refractivity contribution in [2.45, 2.75) is 19.4 Å². The summed E-state index contributed by atoms with van der Waals surface area (Å²) in [6.45, 7) is 4.45. The number of rotatable bonds is 6. The van der Waals surface area contributed by atoms with Crippen molar-refractivity contribution in [3.05, 3.63) is 57.6 Å². The first-order valence-electron chi connectivity index (χ1n) is 9.54. The van der Waals surface area contributed by atoms with Gasteiger partial charge in [-0.1, -0.05) is 15.9 Å². The summed E-state index contributed by atoms with van der Waals surface area (Å²) in [5.74, 6) is -0.495. The molecule has 2 heterocycles. The van der Waals surface area contributed by atoms with Crippen LogP contribution in [0.15, 0.2) is 40.9 Å². The van der Waals surface area contributed by atoms with Gasteiger partial charge in [-0.3, -0.25) is 9.59 Å². The van der Waals surface area contributed by atoms with Gasteiger partial charge in [0, 0.05) is 40.9 Å². The first-order chi connectivity index (χ1) is 13.5. The number of primary amides is 1. The molecule has 0 aliphatic carbocycles. The molecule has 146 valence electrons. The van der Waals surface area contributed by atoms with Gasteiger partial charge in [0.25, 0.3) is 5.91 Å². The Balaban J connectivity index is 1.72. The molecule has 28 heavy (non-hydrogen) atoms. The number of anilines is 2. The lowest BCUT2D eigenvalue weighted by Gasteiger charge is -2.29. The van der Waals surface area contributed by atoms with Gasteiger partial charge in [-0.2, -0.15) is 0 Å². The molecule has 2 aromatic rings. The number of benzene rings is 2. The molecule has 0 saturated carbocycles. The van der Waals surface area contributed by atoms with Crippen LogP contribution in [0.1, 0.15) is 39.1 Å². The molecular weight excluding hydrogens is 420 g/mol. The lowest BCUT2D eigenvalue weighted by Crippen LogP contribution is -2.32. The first kappa shape index (κ1) is 19.0. The largest absolute Gasteiger partial charge is 0.366 e. The van der Waals surface area contributed by atoms with E-state index in [4.69, 9.17) is 5.73 Å². The third-order valence-electron chi connectivity index (χ3n) is 5.48. The van der Waals surface area contributed by atoms with Crippen molar-refractivity contribution in [3.63, 3.8) is 0 Å². The molecule has 0 atom stereocenters. The van der Waals surface area contributed by atoms with Gasteiger partial charge in [-0.15, -0.1) is 0 Å². The Morgan fingerprint density at radius 1 is 1.14 bits per heavy atom. The van der Waals surface area contributed by atoms with E-state index in [1.807, 2.05) is 24.3 Å². The molecule has 1 fully saturated rings. The Morgan fingerprint density at radius 3 is 2.54 bits per heavy atom. The first-order valence-corrected chi connectivity index (χ1v) is 10.3. The monoisotopic (exact) mass is 442 g/mol. The number of hydrogen-bond donors (Lipinski definition) is 2. The second-order valence-corrected chi connectivity index (χ2v) is 8.07. The summed E-state index contributed by atoms with van der Waals surface area (Å²) in [6, 6.07) is 11.2. The van der Waals surface area contributed by atoms with Crippen LogP contribution in [0.4, 0.5) is 11.4 Å². The number of halogens is 1. The Morgan fingerprint density at radius 2 is 1.86 bits per heavy atom. The van der Waals surface area contributed by atoms with Crippen LogP contribution in [-0.2, 0) is 6.54 Å². The van der Waals surface area contributed by atoms with E-state index in [2.05, 4.69) is 31.0 Å². The van der Waals surface area contributed by atoms with Crippen LogP contribution < -0.4 is 16.0 Å². The van der Waals surface area contributed by atoms with Crippen molar-refractivity contribution < 1.29 is 9.59 Å². The molecule has 2 aromatic carbocycles. The highest BCUT2D eigenvalue weighted by molar-refractivity contribution is 9.10. The van der Waals surface area contributed by atoms with Crippen LogP contribution in [-0.4, -0.2) is 42.9 Å². The number of carbonyl (C=O) groups excluding carboxylic acids is 2. The normalized spacial score (nSPS) is 16.1. The molecule has 0 spiro atoms. The molecular formula is C21H23BrN4O2. The van der Waals surface area contributed by atoms with Gasteiger partial charge in [0.1, 0.15) is 0 Å². The molecule has 6 nitrogen and oxygen atoms in total. The third-order valence-corrected chi connectivity index (χ3v) is 6.22. The molecule has 0 bridgehead atoms. The van der Waals surface area contributed by atoms with E-state index in [0.717, 1.165) is 53.2 Å². The molecule has 2 aliphatic rings. The number of likely N-dealkylation sites (tertiary alicyclic amines) is 1. The van der Waals surface area contributed by atoms with Gasteiger partial charge < -0.3 is 20.9 Å². The van der Waals surface area contributed by atoms with Gasteiger partial charge in [0.05, 0.1) is 11.3 Å². The van der Waals surface area contributed by atoms with Crippen molar-refractivity contribution >= 4 is 39.1 Å². The maximum absolute atomic E-state index is 12.5. The fraction of sp³-hybridized carbons (Fsp3) is 0.333. The van der Waals surface area contributed by atoms with Crippen LogP contribution in [0.2, 0.25) is 0 Å². The van der Waals surface area contributed by atoms with Gasteiger partial charge in [0.15, 0.2) is 0 Å². The van der Waals surface area contributed by atoms with E-state index in [1.165, 1.54) is 12.8 Å². The molecule has 1 saturated heterocycles. The maximum Gasteiger partial charge on any atom is 0.254 e. The van der Waals surface area contributed by atoms with E-state index < -0.39 is 5.91 Å². The number of nitrogens with zero attached hydrogens (tertiary/aromatic N) is 2. The fourth-order valence-electron chi connectivity index (χ4n) is 3.96. The zero-order valence-corrected chi connectivity index (χ0v) is 17.2. The minimum atomic E-state index is -0.445. The fourth-order valence-corrected chi connectivity index (χ4v) is 4.43. The molecule has 7 heteroatoms. The van der Waals surface area contributed by atoms with Crippen molar-refractivity contribution in [3.8, 4) is 0 Å². The number of nitrogens with one attached hydrogen (secondary N) is 1. The number of nitrogens with two attached hydrogens (primary N) is 1. The predicted octanol–water partition coefficient (Wildman–Crippen LogP) is 3.03. The number of fused-ring (bicyclic) bond motifs is 1. The van der Waals surface area contributed by atoms with Crippen molar-refractivity contribution in [1.82, 2.24) is 10.2 Å². The topological polar surface area (TPSA) is 78.7 Å². The van der Waals surface area contributed by atoms with Crippen LogP contribution in [0.3, 0.4) is 0 Å². The van der Waals surface area contributed by atoms with Crippen molar-refractivity contribution in [2.75, 3.05) is 31.1 Å². The molecule has 2 aliphatic heterocycles.